The second-order valence-electron chi connectivity index (χ2n) is 6.43. The average molecular weight is 390 g/mol. The average Bonchev–Trinajstić information content (AvgIpc) is 3.08. The minimum Gasteiger partial charge on any atom is -0.379 e. The molecule has 1 aromatic rings. The molecule has 2 heterocycles. The van der Waals surface area contributed by atoms with Crippen molar-refractivity contribution < 1.29 is 9.53 Å². The van der Waals surface area contributed by atoms with E-state index in [4.69, 9.17) is 4.74 Å². The number of benzene rings is 1. The van der Waals surface area contributed by atoms with Crippen LogP contribution in [-0.2, 0) is 22.6 Å². The molecule has 7 heteroatoms. The first-order valence-electron chi connectivity index (χ1n) is 8.68. The van der Waals surface area contributed by atoms with Gasteiger partial charge in [0.05, 0.1) is 13.2 Å². The van der Waals surface area contributed by atoms with Crippen molar-refractivity contribution >= 4 is 30.7 Å². The Balaban J connectivity index is 0.00000156. The van der Waals surface area contributed by atoms with E-state index in [9.17, 15) is 4.79 Å². The molecule has 2 N–H and O–H groups in total. The number of carbonyl (C=O) groups excluding carboxylic acids is 1. The van der Waals surface area contributed by atoms with Crippen molar-refractivity contribution in [3.8, 4) is 0 Å². The lowest BCUT2D eigenvalue weighted by Crippen LogP contribution is -2.36. The standard InChI is InChI=1S/C18H27N3O2.2ClH/c22-18(12-17-6-3-7-19-17)20-13-15-4-1-2-5-16(15)14-21-8-10-23-11-9-21;;/h1-2,4-5,17,19H,3,6-14H2,(H,20,22);2*1H. The first-order chi connectivity index (χ1) is 11.3. The Morgan fingerprint density at radius 1 is 1.20 bits per heavy atom. The van der Waals surface area contributed by atoms with Crippen molar-refractivity contribution in [1.29, 1.82) is 0 Å². The molecule has 2 aliphatic heterocycles. The lowest BCUT2D eigenvalue weighted by atomic mass is 10.1. The van der Waals surface area contributed by atoms with E-state index in [1.165, 1.54) is 17.5 Å². The fraction of sp³-hybridized carbons (Fsp3) is 0.611. The molecule has 0 spiro atoms. The zero-order valence-electron chi connectivity index (χ0n) is 14.5. The van der Waals surface area contributed by atoms with E-state index in [-0.39, 0.29) is 30.7 Å². The van der Waals surface area contributed by atoms with Gasteiger partial charge < -0.3 is 15.4 Å². The molecule has 2 aliphatic rings. The maximum Gasteiger partial charge on any atom is 0.221 e. The summed E-state index contributed by atoms with van der Waals surface area (Å²) in [6, 6.07) is 8.75. The van der Waals surface area contributed by atoms with Gasteiger partial charge in [-0.25, -0.2) is 0 Å². The largest absolute Gasteiger partial charge is 0.379 e. The van der Waals surface area contributed by atoms with E-state index in [1.807, 2.05) is 6.07 Å². The summed E-state index contributed by atoms with van der Waals surface area (Å²) >= 11 is 0. The molecule has 1 unspecified atom stereocenters. The molecule has 1 amide bonds. The molecule has 0 aromatic heterocycles. The van der Waals surface area contributed by atoms with E-state index in [0.29, 0.717) is 19.0 Å². The van der Waals surface area contributed by atoms with Gasteiger partial charge in [0, 0.05) is 38.6 Å². The Labute approximate surface area is 162 Å². The Kier molecular flexibility index (Phi) is 10.4. The zero-order chi connectivity index (χ0) is 15.9. The summed E-state index contributed by atoms with van der Waals surface area (Å²) in [5.74, 6) is 0.144. The summed E-state index contributed by atoms with van der Waals surface area (Å²) in [6.07, 6.45) is 2.88. The number of nitrogens with zero attached hydrogens (tertiary/aromatic N) is 1. The summed E-state index contributed by atoms with van der Waals surface area (Å²) in [5, 5.41) is 6.45. The van der Waals surface area contributed by atoms with Gasteiger partial charge in [0.1, 0.15) is 0 Å². The van der Waals surface area contributed by atoms with E-state index >= 15 is 0 Å². The molecule has 1 aromatic carbocycles. The van der Waals surface area contributed by atoms with E-state index in [1.54, 1.807) is 0 Å². The Bertz CT molecular complexity index is 519. The number of nitrogens with one attached hydrogen (secondary N) is 2. The van der Waals surface area contributed by atoms with E-state index in [0.717, 1.165) is 45.8 Å². The van der Waals surface area contributed by atoms with Crippen molar-refractivity contribution in [3.05, 3.63) is 35.4 Å². The minimum absolute atomic E-state index is 0. The quantitative estimate of drug-likeness (QED) is 0.782. The second kappa shape index (κ2) is 11.7. The number of rotatable bonds is 6. The van der Waals surface area contributed by atoms with Crippen LogP contribution in [0.5, 0.6) is 0 Å². The SMILES string of the molecule is Cl.Cl.O=C(CC1CCCN1)NCc1ccccc1CN1CCOCC1. The highest BCUT2D eigenvalue weighted by atomic mass is 35.5. The van der Waals surface area contributed by atoms with Crippen LogP contribution in [0.1, 0.15) is 30.4 Å². The fourth-order valence-electron chi connectivity index (χ4n) is 3.31. The number of carbonyl (C=O) groups is 1. The Morgan fingerprint density at radius 3 is 2.60 bits per heavy atom. The predicted octanol–water partition coefficient (Wildman–Crippen LogP) is 2.12. The van der Waals surface area contributed by atoms with Crippen LogP contribution in [0.2, 0.25) is 0 Å². The van der Waals surface area contributed by atoms with Gasteiger partial charge in [-0.2, -0.15) is 0 Å². The molecule has 2 fully saturated rings. The lowest BCUT2D eigenvalue weighted by Gasteiger charge is -2.27. The van der Waals surface area contributed by atoms with Gasteiger partial charge in [-0.15, -0.1) is 24.8 Å². The third-order valence-electron chi connectivity index (χ3n) is 4.69. The number of morpholine rings is 1. The van der Waals surface area contributed by atoms with Crippen LogP contribution in [0.15, 0.2) is 24.3 Å². The van der Waals surface area contributed by atoms with Crippen molar-refractivity contribution in [2.24, 2.45) is 0 Å². The number of ether oxygens (including phenoxy) is 1. The first-order valence-corrected chi connectivity index (χ1v) is 8.68. The van der Waals surface area contributed by atoms with Gasteiger partial charge in [-0.3, -0.25) is 9.69 Å². The molecular formula is C18H29Cl2N3O2. The van der Waals surface area contributed by atoms with Gasteiger partial charge in [0.25, 0.3) is 0 Å². The Morgan fingerprint density at radius 2 is 1.92 bits per heavy atom. The molecule has 3 rings (SSSR count). The molecule has 0 saturated carbocycles. The van der Waals surface area contributed by atoms with Gasteiger partial charge in [-0.1, -0.05) is 24.3 Å². The van der Waals surface area contributed by atoms with E-state index < -0.39 is 0 Å². The number of amides is 1. The van der Waals surface area contributed by atoms with Crippen LogP contribution < -0.4 is 10.6 Å². The zero-order valence-corrected chi connectivity index (χ0v) is 16.2. The lowest BCUT2D eigenvalue weighted by molar-refractivity contribution is -0.121. The van der Waals surface area contributed by atoms with Crippen LogP contribution in [-0.4, -0.2) is 49.7 Å². The third-order valence-corrected chi connectivity index (χ3v) is 4.69. The highest BCUT2D eigenvalue weighted by Crippen LogP contribution is 2.13. The van der Waals surface area contributed by atoms with Gasteiger partial charge >= 0.3 is 0 Å². The number of hydrogen-bond donors (Lipinski definition) is 2. The van der Waals surface area contributed by atoms with Gasteiger partial charge in [0.15, 0.2) is 0 Å². The summed E-state index contributed by atoms with van der Waals surface area (Å²) in [5.41, 5.74) is 2.51. The molecule has 1 atom stereocenters. The van der Waals surface area contributed by atoms with Crippen LogP contribution in [0.4, 0.5) is 0 Å². The number of halogens is 2. The van der Waals surface area contributed by atoms with Crippen LogP contribution >= 0.6 is 24.8 Å². The summed E-state index contributed by atoms with van der Waals surface area (Å²) < 4.78 is 5.41. The molecular weight excluding hydrogens is 361 g/mol. The highest BCUT2D eigenvalue weighted by molar-refractivity contribution is 5.85. The van der Waals surface area contributed by atoms with Gasteiger partial charge in [0.2, 0.25) is 5.91 Å². The Hall–Kier alpha value is -0.850. The third kappa shape index (κ3) is 7.12. The highest BCUT2D eigenvalue weighted by Gasteiger charge is 2.18. The summed E-state index contributed by atoms with van der Waals surface area (Å²) in [7, 11) is 0. The van der Waals surface area contributed by atoms with Crippen LogP contribution in [0.25, 0.3) is 0 Å². The molecule has 142 valence electrons. The smallest absolute Gasteiger partial charge is 0.221 e. The molecule has 0 aliphatic carbocycles. The minimum atomic E-state index is 0. The van der Waals surface area contributed by atoms with Gasteiger partial charge in [-0.05, 0) is 30.5 Å². The van der Waals surface area contributed by atoms with Crippen molar-refractivity contribution in [2.45, 2.75) is 38.4 Å². The molecule has 25 heavy (non-hydrogen) atoms. The molecule has 2 saturated heterocycles. The monoisotopic (exact) mass is 389 g/mol. The van der Waals surface area contributed by atoms with Crippen molar-refractivity contribution in [1.82, 2.24) is 15.5 Å². The fourth-order valence-corrected chi connectivity index (χ4v) is 3.31. The number of hydrogen-bond acceptors (Lipinski definition) is 4. The molecule has 0 radical (unpaired) electrons. The molecule has 5 nitrogen and oxygen atoms in total. The first kappa shape index (κ1) is 22.2. The van der Waals surface area contributed by atoms with Crippen LogP contribution in [0.3, 0.4) is 0 Å². The second-order valence-corrected chi connectivity index (χ2v) is 6.43. The van der Waals surface area contributed by atoms with E-state index in [2.05, 4.69) is 33.7 Å². The summed E-state index contributed by atoms with van der Waals surface area (Å²) in [6.45, 7) is 6.18. The predicted molar refractivity (Wildman–Crippen MR) is 105 cm³/mol. The van der Waals surface area contributed by atoms with Crippen LogP contribution in [0, 0.1) is 0 Å². The van der Waals surface area contributed by atoms with Crippen molar-refractivity contribution in [2.75, 3.05) is 32.8 Å². The molecule has 0 bridgehead atoms. The summed E-state index contributed by atoms with van der Waals surface area (Å²) in [4.78, 5) is 14.5. The van der Waals surface area contributed by atoms with Crippen molar-refractivity contribution in [3.63, 3.8) is 0 Å². The topological polar surface area (TPSA) is 53.6 Å². The normalized spacial score (nSPS) is 20.4. The maximum absolute atomic E-state index is 12.1. The maximum atomic E-state index is 12.1.